The number of rotatable bonds is 3. The number of hydrogen-bond acceptors (Lipinski definition) is 2. The van der Waals surface area contributed by atoms with Gasteiger partial charge < -0.3 is 4.74 Å². The van der Waals surface area contributed by atoms with Crippen LogP contribution in [0.3, 0.4) is 0 Å². The highest BCUT2D eigenvalue weighted by Crippen LogP contribution is 2.27. The lowest BCUT2D eigenvalue weighted by Gasteiger charge is -2.10. The Morgan fingerprint density at radius 2 is 1.79 bits per heavy atom. The number of nitrogens with zero attached hydrogens (tertiary/aromatic N) is 1. The molecule has 0 saturated heterocycles. The molecule has 2 nitrogen and oxygen atoms in total. The first-order valence-corrected chi connectivity index (χ1v) is 7.09. The van der Waals surface area contributed by atoms with Crippen molar-refractivity contribution in [2.75, 3.05) is 0 Å². The van der Waals surface area contributed by atoms with Crippen LogP contribution in [0.5, 0.6) is 11.5 Å². The first-order chi connectivity index (χ1) is 9.12. The SMILES string of the molecule is Cc1cc(C)cc(Oc2ccc(CBr)cc2C#N)c1. The fourth-order valence-electron chi connectivity index (χ4n) is 1.96. The van der Waals surface area contributed by atoms with Crippen LogP contribution in [0.25, 0.3) is 0 Å². The molecule has 2 rings (SSSR count). The van der Waals surface area contributed by atoms with Gasteiger partial charge >= 0.3 is 0 Å². The van der Waals surface area contributed by atoms with E-state index in [0.717, 1.165) is 27.8 Å². The third-order valence-electron chi connectivity index (χ3n) is 2.74. The summed E-state index contributed by atoms with van der Waals surface area (Å²) in [5, 5.41) is 9.91. The van der Waals surface area contributed by atoms with Crippen molar-refractivity contribution < 1.29 is 4.74 Å². The lowest BCUT2D eigenvalue weighted by atomic mass is 10.1. The van der Waals surface area contributed by atoms with E-state index in [1.54, 1.807) is 0 Å². The number of nitriles is 1. The maximum atomic E-state index is 9.18. The first-order valence-electron chi connectivity index (χ1n) is 5.97. The van der Waals surface area contributed by atoms with Gasteiger partial charge in [-0.3, -0.25) is 0 Å². The highest BCUT2D eigenvalue weighted by molar-refractivity contribution is 9.08. The van der Waals surface area contributed by atoms with E-state index in [9.17, 15) is 5.26 Å². The van der Waals surface area contributed by atoms with E-state index >= 15 is 0 Å². The van der Waals surface area contributed by atoms with E-state index in [-0.39, 0.29) is 0 Å². The first kappa shape index (κ1) is 13.6. The van der Waals surface area contributed by atoms with Gasteiger partial charge in [-0.2, -0.15) is 5.26 Å². The van der Waals surface area contributed by atoms with Crippen LogP contribution in [0.2, 0.25) is 0 Å². The Kier molecular flexibility index (Phi) is 4.24. The van der Waals surface area contributed by atoms with Crippen molar-refractivity contribution in [1.82, 2.24) is 0 Å². The molecule has 0 aromatic heterocycles. The van der Waals surface area contributed by atoms with Crippen molar-refractivity contribution in [3.05, 3.63) is 58.7 Å². The largest absolute Gasteiger partial charge is 0.456 e. The van der Waals surface area contributed by atoms with Gasteiger partial charge in [0.15, 0.2) is 0 Å². The molecule has 3 heteroatoms. The second-order valence-electron chi connectivity index (χ2n) is 4.50. The summed E-state index contributed by atoms with van der Waals surface area (Å²) in [6.45, 7) is 4.05. The fraction of sp³-hybridized carbons (Fsp3) is 0.188. The van der Waals surface area contributed by atoms with Crippen LogP contribution in [0.4, 0.5) is 0 Å². The molecule has 2 aromatic carbocycles. The van der Waals surface area contributed by atoms with Crippen LogP contribution >= 0.6 is 15.9 Å². The Labute approximate surface area is 121 Å². The van der Waals surface area contributed by atoms with E-state index in [1.807, 2.05) is 44.2 Å². The van der Waals surface area contributed by atoms with Crippen molar-refractivity contribution in [2.24, 2.45) is 0 Å². The number of alkyl halides is 1. The minimum absolute atomic E-state index is 0.552. The van der Waals surface area contributed by atoms with Crippen molar-refractivity contribution in [2.45, 2.75) is 19.2 Å². The van der Waals surface area contributed by atoms with Crippen molar-refractivity contribution in [3.8, 4) is 17.6 Å². The Morgan fingerprint density at radius 3 is 2.37 bits per heavy atom. The minimum Gasteiger partial charge on any atom is -0.456 e. The molecule has 0 heterocycles. The monoisotopic (exact) mass is 315 g/mol. The van der Waals surface area contributed by atoms with Gasteiger partial charge in [0.25, 0.3) is 0 Å². The Hall–Kier alpha value is -1.79. The van der Waals surface area contributed by atoms with Crippen LogP contribution in [0, 0.1) is 25.2 Å². The van der Waals surface area contributed by atoms with Crippen molar-refractivity contribution in [1.29, 1.82) is 5.26 Å². The molecule has 0 bridgehead atoms. The van der Waals surface area contributed by atoms with Crippen molar-refractivity contribution >= 4 is 15.9 Å². The van der Waals surface area contributed by atoms with Crippen LogP contribution < -0.4 is 4.74 Å². The third-order valence-corrected chi connectivity index (χ3v) is 3.39. The number of halogens is 1. The lowest BCUT2D eigenvalue weighted by Crippen LogP contribution is -1.91. The summed E-state index contributed by atoms with van der Waals surface area (Å²) in [7, 11) is 0. The van der Waals surface area contributed by atoms with Gasteiger partial charge in [-0.25, -0.2) is 0 Å². The molecule has 0 N–H and O–H groups in total. The second kappa shape index (κ2) is 5.90. The lowest BCUT2D eigenvalue weighted by molar-refractivity contribution is 0.480. The van der Waals surface area contributed by atoms with Gasteiger partial charge in [0, 0.05) is 5.33 Å². The zero-order valence-corrected chi connectivity index (χ0v) is 12.5. The van der Waals surface area contributed by atoms with Crippen LogP contribution in [0.15, 0.2) is 36.4 Å². The number of hydrogen-bond donors (Lipinski definition) is 0. The fourth-order valence-corrected chi connectivity index (χ4v) is 2.30. The standard InChI is InChI=1S/C16H14BrNO/c1-11-5-12(2)7-15(6-11)19-16-4-3-13(9-17)8-14(16)10-18/h3-8H,9H2,1-2H3. The number of benzene rings is 2. The topological polar surface area (TPSA) is 33.0 Å². The zero-order chi connectivity index (χ0) is 13.8. The molecule has 19 heavy (non-hydrogen) atoms. The molecule has 0 aliphatic heterocycles. The molecule has 0 amide bonds. The Bertz CT molecular complexity index is 623. The average molecular weight is 316 g/mol. The summed E-state index contributed by atoms with van der Waals surface area (Å²) in [6, 6.07) is 13.8. The molecule has 96 valence electrons. The molecular weight excluding hydrogens is 302 g/mol. The molecule has 0 saturated carbocycles. The predicted octanol–water partition coefficient (Wildman–Crippen LogP) is 4.86. The van der Waals surface area contributed by atoms with E-state index in [2.05, 4.69) is 28.1 Å². The molecule has 0 radical (unpaired) electrons. The molecule has 0 fully saturated rings. The molecular formula is C16H14BrNO. The quantitative estimate of drug-likeness (QED) is 0.757. The normalized spacial score (nSPS) is 10.0. The maximum absolute atomic E-state index is 9.18. The van der Waals surface area contributed by atoms with Gasteiger partial charge in [0.2, 0.25) is 0 Å². The summed E-state index contributed by atoms with van der Waals surface area (Å²) in [6.07, 6.45) is 0. The zero-order valence-electron chi connectivity index (χ0n) is 10.9. The van der Waals surface area contributed by atoms with Crippen LogP contribution in [-0.2, 0) is 5.33 Å². The van der Waals surface area contributed by atoms with Gasteiger partial charge in [-0.05, 0) is 54.8 Å². The minimum atomic E-state index is 0.552. The highest BCUT2D eigenvalue weighted by atomic mass is 79.9. The predicted molar refractivity (Wildman–Crippen MR) is 79.8 cm³/mol. The summed E-state index contributed by atoms with van der Waals surface area (Å²) >= 11 is 3.38. The Morgan fingerprint density at radius 1 is 1.11 bits per heavy atom. The molecule has 0 aliphatic rings. The van der Waals surface area contributed by atoms with E-state index < -0.39 is 0 Å². The number of aryl methyl sites for hydroxylation is 2. The average Bonchev–Trinajstić information content (AvgIpc) is 2.38. The molecule has 0 spiro atoms. The molecule has 0 aliphatic carbocycles. The van der Waals surface area contributed by atoms with Gasteiger partial charge in [-0.15, -0.1) is 0 Å². The van der Waals surface area contributed by atoms with Gasteiger partial charge in [-0.1, -0.05) is 28.1 Å². The molecule has 0 unspecified atom stereocenters. The second-order valence-corrected chi connectivity index (χ2v) is 5.06. The van der Waals surface area contributed by atoms with Gasteiger partial charge in [0.1, 0.15) is 17.6 Å². The summed E-state index contributed by atoms with van der Waals surface area (Å²) in [4.78, 5) is 0. The highest BCUT2D eigenvalue weighted by Gasteiger charge is 2.06. The summed E-state index contributed by atoms with van der Waals surface area (Å²) in [5.41, 5.74) is 3.90. The maximum Gasteiger partial charge on any atom is 0.145 e. The van der Waals surface area contributed by atoms with Crippen LogP contribution in [-0.4, -0.2) is 0 Å². The van der Waals surface area contributed by atoms with Crippen LogP contribution in [0.1, 0.15) is 22.3 Å². The number of ether oxygens (including phenoxy) is 1. The van der Waals surface area contributed by atoms with Crippen molar-refractivity contribution in [3.63, 3.8) is 0 Å². The molecule has 2 aromatic rings. The van der Waals surface area contributed by atoms with E-state index in [0.29, 0.717) is 11.3 Å². The Balaban J connectivity index is 2.35. The molecule has 0 atom stereocenters. The van der Waals surface area contributed by atoms with Gasteiger partial charge in [0.05, 0.1) is 5.56 Å². The third kappa shape index (κ3) is 3.36. The summed E-state index contributed by atoms with van der Waals surface area (Å²) < 4.78 is 5.82. The smallest absolute Gasteiger partial charge is 0.145 e. The van der Waals surface area contributed by atoms with E-state index in [1.165, 1.54) is 0 Å². The van der Waals surface area contributed by atoms with E-state index in [4.69, 9.17) is 4.74 Å². The summed E-state index contributed by atoms with van der Waals surface area (Å²) in [5.74, 6) is 1.36.